The van der Waals surface area contributed by atoms with E-state index in [2.05, 4.69) is 5.32 Å². The summed E-state index contributed by atoms with van der Waals surface area (Å²) < 4.78 is 19.6. The highest BCUT2D eigenvalue weighted by atomic mass is 32.1. The van der Waals surface area contributed by atoms with Gasteiger partial charge in [0.1, 0.15) is 22.2 Å². The van der Waals surface area contributed by atoms with E-state index in [-0.39, 0.29) is 20.7 Å². The van der Waals surface area contributed by atoms with Crippen molar-refractivity contribution in [2.24, 2.45) is 0 Å². The van der Waals surface area contributed by atoms with Crippen LogP contribution >= 0.6 is 11.3 Å². The minimum atomic E-state index is -0.733. The van der Waals surface area contributed by atoms with Gasteiger partial charge in [0, 0.05) is 4.73 Å². The Hall–Kier alpha value is -2.40. The first kappa shape index (κ1) is 15.0. The molecule has 0 bridgehead atoms. The van der Waals surface area contributed by atoms with Crippen LogP contribution in [0.25, 0.3) is 10.1 Å². The van der Waals surface area contributed by atoms with Crippen molar-refractivity contribution in [1.82, 2.24) is 0 Å². The molecule has 6 nitrogen and oxygen atoms in total. The van der Waals surface area contributed by atoms with E-state index in [1.54, 1.807) is 20.8 Å². The van der Waals surface area contributed by atoms with Gasteiger partial charge in [0.25, 0.3) is 6.20 Å². The fourth-order valence-electron chi connectivity index (χ4n) is 1.68. The van der Waals surface area contributed by atoms with E-state index in [1.807, 2.05) is 6.07 Å². The van der Waals surface area contributed by atoms with Crippen LogP contribution in [0, 0.1) is 17.1 Å². The molecule has 2 aromatic rings. The summed E-state index contributed by atoms with van der Waals surface area (Å²) in [4.78, 5) is 11.7. The Morgan fingerprint density at radius 2 is 2.19 bits per heavy atom. The lowest BCUT2D eigenvalue weighted by molar-refractivity contribution is -0.904. The van der Waals surface area contributed by atoms with Crippen LogP contribution in [-0.2, 0) is 4.74 Å². The van der Waals surface area contributed by atoms with Gasteiger partial charge in [0.15, 0.2) is 0 Å². The van der Waals surface area contributed by atoms with Gasteiger partial charge in [-0.2, -0.15) is 9.65 Å². The van der Waals surface area contributed by atoms with Crippen molar-refractivity contribution in [2.45, 2.75) is 26.4 Å². The van der Waals surface area contributed by atoms with Gasteiger partial charge in [-0.05, 0) is 20.8 Å². The summed E-state index contributed by atoms with van der Waals surface area (Å²) in [5, 5.41) is 21.3. The zero-order valence-corrected chi connectivity index (χ0v) is 12.4. The zero-order chi connectivity index (χ0) is 15.8. The van der Waals surface area contributed by atoms with Crippen LogP contribution in [0.1, 0.15) is 26.3 Å². The number of rotatable bonds is 1. The summed E-state index contributed by atoms with van der Waals surface area (Å²) in [6, 6.07) is 1.89. The monoisotopic (exact) mass is 310 g/mol. The van der Waals surface area contributed by atoms with Crippen LogP contribution in [0.3, 0.4) is 0 Å². The number of carbonyl (C=O) groups is 1. The van der Waals surface area contributed by atoms with E-state index >= 15 is 0 Å². The molecule has 0 atom stereocenters. The second-order valence-corrected chi connectivity index (χ2v) is 6.29. The topological polar surface area (TPSA) is 86.2 Å². The molecule has 1 amide bonds. The Labute approximate surface area is 124 Å². The Balaban J connectivity index is 2.44. The van der Waals surface area contributed by atoms with Gasteiger partial charge in [-0.1, -0.05) is 0 Å². The highest BCUT2D eigenvalue weighted by Gasteiger charge is 2.23. The third kappa shape index (κ3) is 3.20. The van der Waals surface area contributed by atoms with E-state index in [0.717, 1.165) is 17.5 Å². The molecule has 0 aliphatic heterocycles. The van der Waals surface area contributed by atoms with E-state index in [4.69, 9.17) is 4.74 Å². The van der Waals surface area contributed by atoms with Gasteiger partial charge in [-0.3, -0.25) is 10.5 Å². The molecular formula is C13H13FN3O3S+. The summed E-state index contributed by atoms with van der Waals surface area (Å²) >= 11 is 0.904. The van der Waals surface area contributed by atoms with E-state index in [1.165, 1.54) is 6.20 Å². The molecule has 21 heavy (non-hydrogen) atoms. The number of ether oxygens (including phenoxy) is 1. The Morgan fingerprint density at radius 3 is 2.76 bits per heavy atom. The van der Waals surface area contributed by atoms with Crippen LogP contribution in [0.5, 0.6) is 0 Å². The number of nitrogens with one attached hydrogen (secondary N) is 1. The van der Waals surface area contributed by atoms with Crippen molar-refractivity contribution < 1.29 is 23.9 Å². The fraction of sp³-hybridized carbons (Fsp3) is 0.308. The fourth-order valence-corrected chi connectivity index (χ4v) is 2.70. The standard InChI is InChI=1S/C13H12FN3O3S/c1-13(2,3)20-12(18)16-11-7(4-15)8-5-17(19)6-9(14)10(8)21-11/h5-6H,1-3H3,(H-,16,18,19)/p+1. The number of hydrogen-bond acceptors (Lipinski definition) is 5. The molecule has 0 aliphatic rings. The van der Waals surface area contributed by atoms with Gasteiger partial charge in [-0.25, -0.2) is 4.79 Å². The Bertz CT molecular complexity index is 759. The highest BCUT2D eigenvalue weighted by molar-refractivity contribution is 7.23. The first-order valence-corrected chi connectivity index (χ1v) is 6.79. The van der Waals surface area contributed by atoms with Crippen molar-refractivity contribution in [2.75, 3.05) is 5.32 Å². The maximum Gasteiger partial charge on any atom is 0.412 e. The number of halogens is 1. The van der Waals surface area contributed by atoms with Gasteiger partial charge >= 0.3 is 6.09 Å². The zero-order valence-electron chi connectivity index (χ0n) is 11.6. The van der Waals surface area contributed by atoms with Crippen molar-refractivity contribution >= 4 is 32.5 Å². The SMILES string of the molecule is CC(C)(C)OC(=O)Nc1sc2c(F)c[n+](O)cc2c1C#N. The van der Waals surface area contributed by atoms with Crippen molar-refractivity contribution in [3.05, 3.63) is 23.8 Å². The molecule has 0 aromatic carbocycles. The first-order chi connectivity index (χ1) is 9.71. The summed E-state index contributed by atoms with van der Waals surface area (Å²) in [7, 11) is 0. The predicted molar refractivity (Wildman–Crippen MR) is 73.7 cm³/mol. The number of anilines is 1. The number of nitriles is 1. The number of nitrogens with zero attached hydrogens (tertiary/aromatic N) is 2. The van der Waals surface area contributed by atoms with Gasteiger partial charge in [-0.15, -0.1) is 11.3 Å². The smallest absolute Gasteiger partial charge is 0.412 e. The Kier molecular flexibility index (Phi) is 3.70. The van der Waals surface area contributed by atoms with Crippen molar-refractivity contribution in [3.63, 3.8) is 0 Å². The predicted octanol–water partition coefficient (Wildman–Crippen LogP) is 2.78. The molecule has 0 aliphatic carbocycles. The molecular weight excluding hydrogens is 297 g/mol. The molecule has 2 heterocycles. The molecule has 0 radical (unpaired) electrons. The molecule has 2 rings (SSSR count). The molecule has 0 spiro atoms. The largest absolute Gasteiger partial charge is 0.444 e. The average Bonchev–Trinajstić information content (AvgIpc) is 2.64. The van der Waals surface area contributed by atoms with Crippen LogP contribution < -0.4 is 10.0 Å². The summed E-state index contributed by atoms with van der Waals surface area (Å²) in [6.07, 6.45) is 1.34. The molecule has 0 fully saturated rings. The van der Waals surface area contributed by atoms with Gasteiger partial charge < -0.3 is 4.74 Å². The van der Waals surface area contributed by atoms with Crippen LogP contribution in [-0.4, -0.2) is 16.9 Å². The van der Waals surface area contributed by atoms with Gasteiger partial charge in [0.05, 0.1) is 10.1 Å². The number of hydrogen-bond donors (Lipinski definition) is 2. The molecule has 0 saturated carbocycles. The number of pyridine rings is 1. The maximum atomic E-state index is 13.8. The lowest BCUT2D eigenvalue weighted by atomic mass is 10.2. The molecule has 0 unspecified atom stereocenters. The van der Waals surface area contributed by atoms with Crippen molar-refractivity contribution in [1.29, 1.82) is 5.26 Å². The van der Waals surface area contributed by atoms with E-state index in [9.17, 15) is 19.7 Å². The van der Waals surface area contributed by atoms with Crippen LogP contribution in [0.15, 0.2) is 12.4 Å². The van der Waals surface area contributed by atoms with Crippen LogP contribution in [0.2, 0.25) is 0 Å². The number of thiophene rings is 1. The summed E-state index contributed by atoms with van der Waals surface area (Å²) in [5.74, 6) is -0.686. The maximum absolute atomic E-state index is 13.8. The molecule has 2 aromatic heterocycles. The lowest BCUT2D eigenvalue weighted by Crippen LogP contribution is -2.29. The minimum absolute atomic E-state index is 0.0724. The number of aromatic nitrogens is 1. The number of amides is 1. The summed E-state index contributed by atoms with van der Waals surface area (Å²) in [6.45, 7) is 5.12. The molecule has 2 N–H and O–H groups in total. The second kappa shape index (κ2) is 5.18. The van der Waals surface area contributed by atoms with Crippen LogP contribution in [0.4, 0.5) is 14.2 Å². The second-order valence-electron chi connectivity index (χ2n) is 5.27. The summed E-state index contributed by atoms with van der Waals surface area (Å²) in [5.41, 5.74) is -0.615. The Morgan fingerprint density at radius 1 is 1.52 bits per heavy atom. The van der Waals surface area contributed by atoms with Gasteiger partial charge in [0.2, 0.25) is 12.0 Å². The first-order valence-electron chi connectivity index (χ1n) is 5.98. The molecule has 0 saturated heterocycles. The molecule has 110 valence electrons. The quantitative estimate of drug-likeness (QED) is 0.626. The highest BCUT2D eigenvalue weighted by Crippen LogP contribution is 2.36. The van der Waals surface area contributed by atoms with Crippen molar-refractivity contribution in [3.8, 4) is 6.07 Å². The minimum Gasteiger partial charge on any atom is -0.444 e. The lowest BCUT2D eigenvalue weighted by Gasteiger charge is -2.19. The number of carbonyl (C=O) groups excluding carboxylic acids is 1. The third-order valence-corrected chi connectivity index (χ3v) is 3.52. The molecule has 8 heteroatoms. The third-order valence-electron chi connectivity index (χ3n) is 2.40. The van der Waals surface area contributed by atoms with E-state index < -0.39 is 17.5 Å². The number of fused-ring (bicyclic) bond motifs is 1. The van der Waals surface area contributed by atoms with E-state index in [0.29, 0.717) is 4.73 Å². The average molecular weight is 310 g/mol. The normalized spacial score (nSPS) is 11.2.